The summed E-state index contributed by atoms with van der Waals surface area (Å²) in [5.74, 6) is 0.721. The molecule has 0 saturated carbocycles. The van der Waals surface area contributed by atoms with Gasteiger partial charge in [-0.25, -0.2) is 9.97 Å². The van der Waals surface area contributed by atoms with Gasteiger partial charge in [0.2, 0.25) is 11.8 Å². The molecule has 0 radical (unpaired) electrons. The average molecular weight is 368 g/mol. The normalized spacial score (nSPS) is 16.4. The first kappa shape index (κ1) is 17.3. The van der Waals surface area contributed by atoms with Crippen LogP contribution >= 0.6 is 0 Å². The summed E-state index contributed by atoms with van der Waals surface area (Å²) in [5, 5.41) is 2.83. The molecule has 1 saturated heterocycles. The molecule has 0 aliphatic carbocycles. The molecule has 0 aromatic carbocycles. The number of carbonyl (C=O) groups is 1. The molecule has 8 nitrogen and oxygen atoms in total. The molecule has 0 spiro atoms. The standard InChI is InChI=1S/C19H20N4O4/c1-2-26-17-6-4-15-18(23-17)14(10-20-15)19(24)22-12-3-5-16(21-9-12)27-13-7-8-25-11-13/h3-6,9-10,13,20H,2,7-8,11H2,1H3,(H,22,24). The smallest absolute Gasteiger partial charge is 0.259 e. The largest absolute Gasteiger partial charge is 0.478 e. The lowest BCUT2D eigenvalue weighted by atomic mass is 10.2. The predicted octanol–water partition coefficient (Wildman–Crippen LogP) is 2.78. The van der Waals surface area contributed by atoms with Gasteiger partial charge in [0.25, 0.3) is 5.91 Å². The van der Waals surface area contributed by atoms with Crippen molar-refractivity contribution in [2.45, 2.75) is 19.4 Å². The lowest BCUT2D eigenvalue weighted by Crippen LogP contribution is -2.16. The Balaban J connectivity index is 1.47. The summed E-state index contributed by atoms with van der Waals surface area (Å²) in [7, 11) is 0. The Labute approximate surface area is 155 Å². The Hall–Kier alpha value is -3.13. The van der Waals surface area contributed by atoms with Gasteiger partial charge in [0.15, 0.2) is 0 Å². The molecule has 1 aliphatic rings. The van der Waals surface area contributed by atoms with Gasteiger partial charge in [-0.05, 0) is 19.1 Å². The summed E-state index contributed by atoms with van der Waals surface area (Å²) < 4.78 is 16.4. The van der Waals surface area contributed by atoms with Gasteiger partial charge in [0.05, 0.1) is 42.8 Å². The van der Waals surface area contributed by atoms with Crippen molar-refractivity contribution in [3.8, 4) is 11.8 Å². The minimum Gasteiger partial charge on any atom is -0.478 e. The van der Waals surface area contributed by atoms with Crippen LogP contribution in [-0.2, 0) is 4.74 Å². The minimum absolute atomic E-state index is 0.0368. The number of nitrogens with zero attached hydrogens (tertiary/aromatic N) is 2. The van der Waals surface area contributed by atoms with Crippen LogP contribution < -0.4 is 14.8 Å². The fourth-order valence-electron chi connectivity index (χ4n) is 2.88. The second kappa shape index (κ2) is 7.63. The Bertz CT molecular complexity index is 933. The van der Waals surface area contributed by atoms with Crippen molar-refractivity contribution in [1.82, 2.24) is 15.0 Å². The maximum Gasteiger partial charge on any atom is 0.259 e. The topological polar surface area (TPSA) is 98.4 Å². The van der Waals surface area contributed by atoms with Gasteiger partial charge in [-0.15, -0.1) is 0 Å². The van der Waals surface area contributed by atoms with Crippen molar-refractivity contribution in [2.24, 2.45) is 0 Å². The second-order valence-corrected chi connectivity index (χ2v) is 6.12. The van der Waals surface area contributed by atoms with E-state index < -0.39 is 0 Å². The first-order chi connectivity index (χ1) is 13.2. The van der Waals surface area contributed by atoms with E-state index in [-0.39, 0.29) is 12.0 Å². The Morgan fingerprint density at radius 2 is 2.22 bits per heavy atom. The summed E-state index contributed by atoms with van der Waals surface area (Å²) in [5.41, 5.74) is 2.34. The highest BCUT2D eigenvalue weighted by atomic mass is 16.5. The number of nitrogens with one attached hydrogen (secondary N) is 2. The molecule has 1 amide bonds. The van der Waals surface area contributed by atoms with Crippen LogP contribution in [0.25, 0.3) is 11.0 Å². The van der Waals surface area contributed by atoms with Gasteiger partial charge in [0.1, 0.15) is 11.6 Å². The van der Waals surface area contributed by atoms with Crippen molar-refractivity contribution in [2.75, 3.05) is 25.1 Å². The number of fused-ring (bicyclic) bond motifs is 1. The van der Waals surface area contributed by atoms with Crippen LogP contribution in [-0.4, -0.2) is 46.8 Å². The van der Waals surface area contributed by atoms with Gasteiger partial charge >= 0.3 is 0 Å². The molecule has 140 valence electrons. The second-order valence-electron chi connectivity index (χ2n) is 6.12. The van der Waals surface area contributed by atoms with Crippen LogP contribution in [0.2, 0.25) is 0 Å². The number of rotatable bonds is 6. The monoisotopic (exact) mass is 368 g/mol. The molecule has 3 aromatic rings. The molecule has 4 heterocycles. The van der Waals surface area contributed by atoms with Crippen molar-refractivity contribution < 1.29 is 19.0 Å². The molecule has 0 bridgehead atoms. The van der Waals surface area contributed by atoms with Gasteiger partial charge in [-0.2, -0.15) is 0 Å². The zero-order chi connectivity index (χ0) is 18.6. The number of anilines is 1. The third-order valence-electron chi connectivity index (χ3n) is 4.20. The maximum absolute atomic E-state index is 12.6. The summed E-state index contributed by atoms with van der Waals surface area (Å²) in [6.45, 7) is 3.69. The van der Waals surface area contributed by atoms with E-state index in [9.17, 15) is 4.79 Å². The van der Waals surface area contributed by atoms with Gasteiger partial charge in [-0.1, -0.05) is 0 Å². The molecule has 4 rings (SSSR count). The Kier molecular flexibility index (Phi) is 4.88. The number of pyridine rings is 2. The number of aromatic nitrogens is 3. The quantitative estimate of drug-likeness (QED) is 0.694. The molecular formula is C19H20N4O4. The number of H-pyrrole nitrogens is 1. The van der Waals surface area contributed by atoms with Gasteiger partial charge in [-0.3, -0.25) is 4.79 Å². The molecule has 1 fully saturated rings. The molecule has 27 heavy (non-hydrogen) atoms. The van der Waals surface area contributed by atoms with Crippen LogP contribution in [0.1, 0.15) is 23.7 Å². The van der Waals surface area contributed by atoms with E-state index >= 15 is 0 Å². The molecule has 2 N–H and O–H groups in total. The van der Waals surface area contributed by atoms with Crippen molar-refractivity contribution in [3.63, 3.8) is 0 Å². The Morgan fingerprint density at radius 3 is 2.96 bits per heavy atom. The fraction of sp³-hybridized carbons (Fsp3) is 0.316. The zero-order valence-corrected chi connectivity index (χ0v) is 14.9. The number of aromatic amines is 1. The molecule has 8 heteroatoms. The average Bonchev–Trinajstić information content (AvgIpc) is 3.33. The predicted molar refractivity (Wildman–Crippen MR) is 99.3 cm³/mol. The first-order valence-corrected chi connectivity index (χ1v) is 8.85. The third kappa shape index (κ3) is 3.85. The van der Waals surface area contributed by atoms with Crippen molar-refractivity contribution in [3.05, 3.63) is 42.2 Å². The number of ether oxygens (including phenoxy) is 3. The summed E-state index contributed by atoms with van der Waals surface area (Å²) in [4.78, 5) is 24.3. The van der Waals surface area contributed by atoms with Crippen molar-refractivity contribution >= 4 is 22.6 Å². The molecule has 1 aliphatic heterocycles. The van der Waals surface area contributed by atoms with Crippen LogP contribution in [0.4, 0.5) is 5.69 Å². The number of carbonyl (C=O) groups excluding carboxylic acids is 1. The van der Waals surface area contributed by atoms with E-state index in [1.54, 1.807) is 30.6 Å². The van der Waals surface area contributed by atoms with Crippen LogP contribution in [0.3, 0.4) is 0 Å². The highest BCUT2D eigenvalue weighted by Gasteiger charge is 2.18. The molecule has 1 atom stereocenters. The summed E-state index contributed by atoms with van der Waals surface area (Å²) in [6, 6.07) is 7.09. The van der Waals surface area contributed by atoms with Gasteiger partial charge < -0.3 is 24.5 Å². The van der Waals surface area contributed by atoms with E-state index in [4.69, 9.17) is 14.2 Å². The van der Waals surface area contributed by atoms with E-state index in [1.165, 1.54) is 0 Å². The van der Waals surface area contributed by atoms with E-state index in [0.717, 1.165) is 11.9 Å². The van der Waals surface area contributed by atoms with E-state index in [1.807, 2.05) is 13.0 Å². The highest BCUT2D eigenvalue weighted by molar-refractivity contribution is 6.11. The van der Waals surface area contributed by atoms with Crippen molar-refractivity contribution in [1.29, 1.82) is 0 Å². The number of amides is 1. The minimum atomic E-state index is -0.276. The fourth-order valence-corrected chi connectivity index (χ4v) is 2.88. The highest BCUT2D eigenvalue weighted by Crippen LogP contribution is 2.22. The molecule has 1 unspecified atom stereocenters. The maximum atomic E-state index is 12.6. The van der Waals surface area contributed by atoms with Gasteiger partial charge in [0, 0.05) is 24.8 Å². The number of hydrogen-bond acceptors (Lipinski definition) is 6. The molecule has 3 aromatic heterocycles. The summed E-state index contributed by atoms with van der Waals surface area (Å²) in [6.07, 6.45) is 4.09. The Morgan fingerprint density at radius 1 is 1.33 bits per heavy atom. The third-order valence-corrected chi connectivity index (χ3v) is 4.20. The lowest BCUT2D eigenvalue weighted by molar-refractivity contribution is 0.102. The first-order valence-electron chi connectivity index (χ1n) is 8.85. The van der Waals surface area contributed by atoms with Crippen LogP contribution in [0, 0.1) is 0 Å². The molecular weight excluding hydrogens is 348 g/mol. The van der Waals surface area contributed by atoms with E-state index in [2.05, 4.69) is 20.3 Å². The number of hydrogen-bond donors (Lipinski definition) is 2. The SMILES string of the molecule is CCOc1ccc2[nH]cc(C(=O)Nc3ccc(OC4CCOC4)nc3)c2n1. The van der Waals surface area contributed by atoms with Crippen LogP contribution in [0.5, 0.6) is 11.8 Å². The van der Waals surface area contributed by atoms with E-state index in [0.29, 0.717) is 48.3 Å². The lowest BCUT2D eigenvalue weighted by Gasteiger charge is -2.11. The summed E-state index contributed by atoms with van der Waals surface area (Å²) >= 11 is 0. The van der Waals surface area contributed by atoms with Crippen LogP contribution in [0.15, 0.2) is 36.7 Å². The zero-order valence-electron chi connectivity index (χ0n) is 14.9.